The number of ether oxygens (including phenoxy) is 4. The number of imide groups is 1. The molecule has 224 valence electrons. The van der Waals surface area contributed by atoms with Crippen molar-refractivity contribution < 1.29 is 33.5 Å². The number of likely N-dealkylation sites (tertiary alicyclic amines) is 1. The topological polar surface area (TPSA) is 134 Å². The van der Waals surface area contributed by atoms with Crippen LogP contribution in [0.4, 0.5) is 21.1 Å². The van der Waals surface area contributed by atoms with E-state index in [-0.39, 0.29) is 22.8 Å². The van der Waals surface area contributed by atoms with E-state index in [4.69, 9.17) is 18.9 Å². The average Bonchev–Trinajstić information content (AvgIpc) is 3.38. The predicted molar refractivity (Wildman–Crippen MR) is 154 cm³/mol. The summed E-state index contributed by atoms with van der Waals surface area (Å²) in [5.74, 6) is 0.541. The maximum Gasteiger partial charge on any atom is 0.425 e. The molecule has 1 saturated heterocycles. The molecule has 1 fully saturated rings. The Morgan fingerprint density at radius 2 is 1.61 bits per heavy atom. The Kier molecular flexibility index (Phi) is 10.1. The van der Waals surface area contributed by atoms with E-state index in [0.29, 0.717) is 22.8 Å². The molecular formula is C29H40N4O8. The van der Waals surface area contributed by atoms with Gasteiger partial charge in [0.05, 0.1) is 30.3 Å². The molecule has 0 N–H and O–H groups in total. The van der Waals surface area contributed by atoms with Gasteiger partial charge in [-0.05, 0) is 92.1 Å². The number of methoxy groups -OCH3 is 1. The molecular weight excluding hydrogens is 532 g/mol. The highest BCUT2D eigenvalue weighted by atomic mass is 16.6. The highest BCUT2D eigenvalue weighted by Crippen LogP contribution is 2.40. The number of carbonyl (C=O) groups excluding carboxylic acids is 2. The maximum atomic E-state index is 12.9. The molecule has 0 saturated carbocycles. The quantitative estimate of drug-likeness (QED) is 0.194. The molecule has 1 aliphatic heterocycles. The van der Waals surface area contributed by atoms with Crippen LogP contribution in [0.5, 0.6) is 11.5 Å². The number of hydrogen-bond donors (Lipinski definition) is 0. The van der Waals surface area contributed by atoms with Crippen molar-refractivity contribution >= 4 is 23.7 Å². The zero-order chi connectivity index (χ0) is 30.4. The number of aromatic nitrogens is 1. The molecule has 12 nitrogen and oxygen atoms in total. The molecule has 12 heteroatoms. The smallest absolute Gasteiger partial charge is 0.425 e. The van der Waals surface area contributed by atoms with Crippen molar-refractivity contribution in [2.45, 2.75) is 72.0 Å². The Morgan fingerprint density at radius 1 is 1.00 bits per heavy atom. The van der Waals surface area contributed by atoms with Crippen LogP contribution in [0.15, 0.2) is 30.5 Å². The van der Waals surface area contributed by atoms with Crippen LogP contribution in [0.2, 0.25) is 0 Å². The third kappa shape index (κ3) is 9.04. The van der Waals surface area contributed by atoms with Crippen LogP contribution in [0, 0.1) is 10.1 Å². The van der Waals surface area contributed by atoms with Crippen LogP contribution < -0.4 is 14.4 Å². The number of amides is 2. The molecule has 1 aromatic heterocycles. The molecule has 3 rings (SSSR count). The number of nitro benzene ring substituents is 1. The molecule has 2 heterocycles. The standard InChI is InChI=1S/C29H40N4O8/c1-28(2,3)40-26(34)32(27(35)41-29(4,5)6)25-12-11-20(19-30-25)21-17-23(38-7)24(18-22(21)33(36)37)39-16-10-15-31-13-8-9-14-31/h11-12,17-19H,8-10,13-16H2,1-7H3. The minimum absolute atomic E-state index is 0.0650. The van der Waals surface area contributed by atoms with E-state index in [1.807, 2.05) is 0 Å². The van der Waals surface area contributed by atoms with Gasteiger partial charge in [-0.25, -0.2) is 14.6 Å². The van der Waals surface area contributed by atoms with E-state index in [1.165, 1.54) is 50.4 Å². The highest BCUT2D eigenvalue weighted by Gasteiger charge is 2.33. The molecule has 2 amide bonds. The number of carbonyl (C=O) groups is 2. The van der Waals surface area contributed by atoms with Crippen LogP contribution >= 0.6 is 0 Å². The monoisotopic (exact) mass is 572 g/mol. The lowest BCUT2D eigenvalue weighted by Crippen LogP contribution is -2.44. The molecule has 0 bridgehead atoms. The summed E-state index contributed by atoms with van der Waals surface area (Å²) in [6, 6.07) is 5.76. The van der Waals surface area contributed by atoms with Crippen LogP contribution in [-0.2, 0) is 9.47 Å². The van der Waals surface area contributed by atoms with Crippen LogP contribution in [0.3, 0.4) is 0 Å². The van der Waals surface area contributed by atoms with E-state index < -0.39 is 28.3 Å². The van der Waals surface area contributed by atoms with Gasteiger partial charge in [0, 0.05) is 18.3 Å². The summed E-state index contributed by atoms with van der Waals surface area (Å²) in [5, 5.41) is 12.0. The molecule has 0 unspecified atom stereocenters. The van der Waals surface area contributed by atoms with Crippen molar-refractivity contribution in [3.05, 3.63) is 40.6 Å². The first-order valence-corrected chi connectivity index (χ1v) is 13.6. The van der Waals surface area contributed by atoms with Gasteiger partial charge in [-0.3, -0.25) is 10.1 Å². The molecule has 2 aromatic rings. The summed E-state index contributed by atoms with van der Waals surface area (Å²) in [7, 11) is 1.46. The second-order valence-corrected chi connectivity index (χ2v) is 11.7. The fourth-order valence-corrected chi connectivity index (χ4v) is 4.23. The SMILES string of the molecule is COc1cc(-c2ccc(N(C(=O)OC(C)(C)C)C(=O)OC(C)(C)C)nc2)c([N+](=O)[O-])cc1OCCCN1CCCC1. The fourth-order valence-electron chi connectivity index (χ4n) is 4.23. The Balaban J connectivity index is 1.88. The highest BCUT2D eigenvalue weighted by molar-refractivity contribution is 6.08. The second-order valence-electron chi connectivity index (χ2n) is 11.7. The Bertz CT molecular complexity index is 1200. The summed E-state index contributed by atoms with van der Waals surface area (Å²) in [5.41, 5.74) is -1.37. The first kappa shape index (κ1) is 31.6. The van der Waals surface area contributed by atoms with E-state index in [1.54, 1.807) is 41.5 Å². The van der Waals surface area contributed by atoms with E-state index in [2.05, 4.69) is 9.88 Å². The Hall–Kier alpha value is -3.93. The first-order valence-electron chi connectivity index (χ1n) is 13.6. The molecule has 1 aliphatic rings. The van der Waals surface area contributed by atoms with Gasteiger partial charge in [-0.15, -0.1) is 0 Å². The lowest BCUT2D eigenvalue weighted by molar-refractivity contribution is -0.384. The van der Waals surface area contributed by atoms with Gasteiger partial charge in [0.15, 0.2) is 11.5 Å². The summed E-state index contributed by atoms with van der Waals surface area (Å²) in [6.07, 6.45) is 2.60. The number of rotatable bonds is 9. The predicted octanol–water partition coefficient (Wildman–Crippen LogP) is 6.21. The third-order valence-corrected chi connectivity index (χ3v) is 5.99. The Labute approximate surface area is 240 Å². The number of pyridine rings is 1. The normalized spacial score (nSPS) is 13.9. The lowest BCUT2D eigenvalue weighted by Gasteiger charge is -2.28. The molecule has 0 aliphatic carbocycles. The number of benzene rings is 1. The zero-order valence-corrected chi connectivity index (χ0v) is 24.9. The van der Waals surface area contributed by atoms with Crippen LogP contribution in [0.25, 0.3) is 11.1 Å². The van der Waals surface area contributed by atoms with Gasteiger partial charge in [0.1, 0.15) is 17.0 Å². The van der Waals surface area contributed by atoms with Gasteiger partial charge < -0.3 is 23.8 Å². The van der Waals surface area contributed by atoms with Crippen molar-refractivity contribution in [3.8, 4) is 22.6 Å². The minimum Gasteiger partial charge on any atom is -0.493 e. The fraction of sp³-hybridized carbons (Fsp3) is 0.552. The second kappa shape index (κ2) is 13.2. The van der Waals surface area contributed by atoms with Gasteiger partial charge in [-0.1, -0.05) is 0 Å². The van der Waals surface area contributed by atoms with Crippen molar-refractivity contribution in [1.82, 2.24) is 9.88 Å². The van der Waals surface area contributed by atoms with Crippen molar-refractivity contribution in [1.29, 1.82) is 0 Å². The largest absolute Gasteiger partial charge is 0.493 e. The van der Waals surface area contributed by atoms with E-state index >= 15 is 0 Å². The third-order valence-electron chi connectivity index (χ3n) is 5.99. The van der Waals surface area contributed by atoms with E-state index in [0.717, 1.165) is 26.1 Å². The van der Waals surface area contributed by atoms with E-state index in [9.17, 15) is 19.7 Å². The number of hydrogen-bond acceptors (Lipinski definition) is 10. The first-order chi connectivity index (χ1) is 19.2. The van der Waals surface area contributed by atoms with Crippen LogP contribution in [0.1, 0.15) is 60.8 Å². The van der Waals surface area contributed by atoms with Gasteiger partial charge in [0.25, 0.3) is 5.69 Å². The van der Waals surface area contributed by atoms with Gasteiger partial charge in [-0.2, -0.15) is 4.90 Å². The molecule has 41 heavy (non-hydrogen) atoms. The van der Waals surface area contributed by atoms with Crippen molar-refractivity contribution in [2.24, 2.45) is 0 Å². The zero-order valence-electron chi connectivity index (χ0n) is 24.9. The Morgan fingerprint density at radius 3 is 2.10 bits per heavy atom. The molecule has 1 aromatic carbocycles. The summed E-state index contributed by atoms with van der Waals surface area (Å²) in [6.45, 7) is 13.5. The molecule has 0 radical (unpaired) electrons. The van der Waals surface area contributed by atoms with Crippen molar-refractivity contribution in [2.75, 3.05) is 38.3 Å². The number of nitro groups is 1. The number of nitrogens with zero attached hydrogens (tertiary/aromatic N) is 4. The lowest BCUT2D eigenvalue weighted by atomic mass is 10.0. The summed E-state index contributed by atoms with van der Waals surface area (Å²) in [4.78, 5) is 44.7. The van der Waals surface area contributed by atoms with Crippen LogP contribution in [-0.4, -0.2) is 71.5 Å². The summed E-state index contributed by atoms with van der Waals surface area (Å²) < 4.78 is 22.1. The molecule has 0 spiro atoms. The van der Waals surface area contributed by atoms with Crippen molar-refractivity contribution in [3.63, 3.8) is 0 Å². The number of anilines is 1. The van der Waals surface area contributed by atoms with Gasteiger partial charge >= 0.3 is 12.2 Å². The molecule has 0 atom stereocenters. The average molecular weight is 573 g/mol. The van der Waals surface area contributed by atoms with Gasteiger partial charge in [0.2, 0.25) is 0 Å². The maximum absolute atomic E-state index is 12.9. The minimum atomic E-state index is -0.967. The summed E-state index contributed by atoms with van der Waals surface area (Å²) >= 11 is 0.